The van der Waals surface area contributed by atoms with Crippen LogP contribution < -0.4 is 0 Å². The van der Waals surface area contributed by atoms with E-state index in [9.17, 15) is 0 Å². The summed E-state index contributed by atoms with van der Waals surface area (Å²) in [5.74, 6) is 1.80. The van der Waals surface area contributed by atoms with Crippen molar-refractivity contribution in [2.45, 2.75) is 0 Å². The molecule has 4 nitrogen and oxygen atoms in total. The second-order valence-corrected chi connectivity index (χ2v) is 9.66. The molecule has 2 aromatic heterocycles. The highest BCUT2D eigenvalue weighted by Crippen LogP contribution is 2.41. The number of nitrogens with zero attached hydrogens (tertiary/aromatic N) is 4. The summed E-state index contributed by atoms with van der Waals surface area (Å²) in [5.41, 5.74) is 4.72. The first-order valence-corrected chi connectivity index (χ1v) is 13.1. The average Bonchev–Trinajstić information content (AvgIpc) is 3.02. The van der Waals surface area contributed by atoms with Crippen molar-refractivity contribution >= 4 is 33.1 Å². The number of rotatable bonds is 4. The summed E-state index contributed by atoms with van der Waals surface area (Å²) in [4.78, 5) is 19.2. The van der Waals surface area contributed by atoms with Gasteiger partial charge in [0.2, 0.25) is 0 Å². The quantitative estimate of drug-likeness (QED) is 0.217. The van der Waals surface area contributed by atoms with Crippen LogP contribution >= 0.6 is 11.6 Å². The zero-order valence-corrected chi connectivity index (χ0v) is 21.5. The van der Waals surface area contributed by atoms with E-state index in [0.717, 1.165) is 54.4 Å². The van der Waals surface area contributed by atoms with Gasteiger partial charge in [0.05, 0.1) is 5.02 Å². The lowest BCUT2D eigenvalue weighted by Crippen LogP contribution is -2.00. The minimum Gasteiger partial charge on any atom is -0.263 e. The van der Waals surface area contributed by atoms with Crippen molar-refractivity contribution in [1.29, 1.82) is 0 Å². The third kappa shape index (κ3) is 4.21. The van der Waals surface area contributed by atoms with Crippen LogP contribution in [0, 0.1) is 0 Å². The number of pyridine rings is 1. The summed E-state index contributed by atoms with van der Waals surface area (Å²) in [5, 5.41) is 4.93. The molecule has 0 saturated carbocycles. The van der Waals surface area contributed by atoms with Crippen molar-refractivity contribution in [3.8, 4) is 45.3 Å². The first-order chi connectivity index (χ1) is 19.3. The summed E-state index contributed by atoms with van der Waals surface area (Å²) < 4.78 is 0. The highest BCUT2D eigenvalue weighted by Gasteiger charge is 2.17. The molecule has 0 atom stereocenters. The minimum absolute atomic E-state index is 0.569. The van der Waals surface area contributed by atoms with Crippen molar-refractivity contribution in [1.82, 2.24) is 19.9 Å². The van der Waals surface area contributed by atoms with Crippen LogP contribution in [0.5, 0.6) is 0 Å². The lowest BCUT2D eigenvalue weighted by Gasteiger charge is -2.14. The van der Waals surface area contributed by atoms with Gasteiger partial charge < -0.3 is 0 Å². The van der Waals surface area contributed by atoms with E-state index in [2.05, 4.69) is 35.3 Å². The number of halogens is 1. The van der Waals surface area contributed by atoms with Crippen LogP contribution in [0.15, 0.2) is 128 Å². The van der Waals surface area contributed by atoms with Crippen molar-refractivity contribution in [2.24, 2.45) is 0 Å². The Balaban J connectivity index is 1.46. The Morgan fingerprint density at radius 3 is 1.33 bits per heavy atom. The molecule has 0 N–H and O–H groups in total. The molecule has 184 valence electrons. The van der Waals surface area contributed by atoms with Gasteiger partial charge in [-0.05, 0) is 22.4 Å². The van der Waals surface area contributed by atoms with Gasteiger partial charge in [0.25, 0.3) is 0 Å². The van der Waals surface area contributed by atoms with Gasteiger partial charge in [-0.3, -0.25) is 4.98 Å². The number of aromatic nitrogens is 4. The Bertz CT molecular complexity index is 1860. The SMILES string of the molecule is Clc1c2ccccc2c(-c2cncc(-c3nc(-c4ccccc4)nc(-c4ccccc4)n3)c2)c2ccccc12. The lowest BCUT2D eigenvalue weighted by atomic mass is 9.92. The first kappa shape index (κ1) is 23.2. The van der Waals surface area contributed by atoms with Gasteiger partial charge in [0.15, 0.2) is 17.5 Å². The predicted octanol–water partition coefficient (Wildman–Crippen LogP) is 8.89. The Kier molecular flexibility index (Phi) is 5.80. The molecule has 0 bridgehead atoms. The molecule has 0 unspecified atom stereocenters. The molecule has 0 saturated heterocycles. The zero-order chi connectivity index (χ0) is 26.2. The molecule has 7 aromatic rings. The highest BCUT2D eigenvalue weighted by atomic mass is 35.5. The summed E-state index contributed by atoms with van der Waals surface area (Å²) in [6, 6.07) is 38.5. The van der Waals surface area contributed by atoms with Crippen LogP contribution in [-0.4, -0.2) is 19.9 Å². The summed E-state index contributed by atoms with van der Waals surface area (Å²) >= 11 is 6.87. The van der Waals surface area contributed by atoms with Crippen molar-refractivity contribution in [3.05, 3.63) is 133 Å². The topological polar surface area (TPSA) is 51.6 Å². The standard InChI is InChI=1S/C34H21ClN4/c35-31-28-17-9-7-15-26(28)30(27-16-8-10-18-29(27)31)24-19-25(21-36-20-24)34-38-32(22-11-3-1-4-12-22)37-33(39-34)23-13-5-2-6-14-23/h1-21H. The first-order valence-electron chi connectivity index (χ1n) is 12.7. The summed E-state index contributed by atoms with van der Waals surface area (Å²) in [7, 11) is 0. The molecular weight excluding hydrogens is 500 g/mol. The predicted molar refractivity (Wildman–Crippen MR) is 159 cm³/mol. The maximum absolute atomic E-state index is 6.87. The summed E-state index contributed by atoms with van der Waals surface area (Å²) in [6.07, 6.45) is 3.70. The van der Waals surface area contributed by atoms with Crippen LogP contribution in [0.2, 0.25) is 5.02 Å². The zero-order valence-electron chi connectivity index (χ0n) is 20.8. The molecule has 0 amide bonds. The van der Waals surface area contributed by atoms with Gasteiger partial charge in [-0.2, -0.15) is 0 Å². The second kappa shape index (κ2) is 9.75. The fourth-order valence-corrected chi connectivity index (χ4v) is 5.35. The van der Waals surface area contributed by atoms with E-state index in [1.54, 1.807) is 0 Å². The third-order valence-corrected chi connectivity index (χ3v) is 7.26. The Morgan fingerprint density at radius 2 is 0.821 bits per heavy atom. The van der Waals surface area contributed by atoms with Gasteiger partial charge >= 0.3 is 0 Å². The molecule has 5 heteroatoms. The van der Waals surface area contributed by atoms with Crippen LogP contribution in [0.3, 0.4) is 0 Å². The molecule has 7 rings (SSSR count). The number of hydrogen-bond acceptors (Lipinski definition) is 4. The van der Waals surface area contributed by atoms with Crippen LogP contribution in [0.25, 0.3) is 66.8 Å². The Morgan fingerprint density at radius 1 is 0.410 bits per heavy atom. The van der Waals surface area contributed by atoms with Gasteiger partial charge in [-0.25, -0.2) is 15.0 Å². The van der Waals surface area contributed by atoms with Gasteiger partial charge in [0, 0.05) is 45.4 Å². The molecule has 0 aliphatic heterocycles. The molecule has 2 heterocycles. The molecular formula is C34H21ClN4. The Labute approximate surface area is 230 Å². The molecule has 5 aromatic carbocycles. The maximum atomic E-state index is 6.87. The van der Waals surface area contributed by atoms with Crippen molar-refractivity contribution in [3.63, 3.8) is 0 Å². The maximum Gasteiger partial charge on any atom is 0.165 e. The van der Waals surface area contributed by atoms with E-state index >= 15 is 0 Å². The lowest BCUT2D eigenvalue weighted by molar-refractivity contribution is 1.07. The minimum atomic E-state index is 0.569. The molecule has 0 radical (unpaired) electrons. The highest BCUT2D eigenvalue weighted by molar-refractivity contribution is 6.42. The largest absolute Gasteiger partial charge is 0.263 e. The van der Waals surface area contributed by atoms with E-state index in [0.29, 0.717) is 17.5 Å². The molecule has 0 aliphatic rings. The van der Waals surface area contributed by atoms with Crippen molar-refractivity contribution in [2.75, 3.05) is 0 Å². The van der Waals surface area contributed by atoms with Crippen LogP contribution in [-0.2, 0) is 0 Å². The van der Waals surface area contributed by atoms with Gasteiger partial charge in [-0.15, -0.1) is 0 Å². The third-order valence-electron chi connectivity index (χ3n) is 6.85. The monoisotopic (exact) mass is 520 g/mol. The van der Waals surface area contributed by atoms with E-state index < -0.39 is 0 Å². The number of fused-ring (bicyclic) bond motifs is 2. The number of hydrogen-bond donors (Lipinski definition) is 0. The smallest absolute Gasteiger partial charge is 0.165 e. The van der Waals surface area contributed by atoms with Crippen LogP contribution in [0.1, 0.15) is 0 Å². The second-order valence-electron chi connectivity index (χ2n) is 9.28. The van der Waals surface area contributed by atoms with Crippen molar-refractivity contribution < 1.29 is 0 Å². The Hall–Kier alpha value is -4.93. The molecule has 39 heavy (non-hydrogen) atoms. The fraction of sp³-hybridized carbons (Fsp3) is 0. The summed E-state index contributed by atoms with van der Waals surface area (Å²) in [6.45, 7) is 0. The van der Waals surface area contributed by atoms with Gasteiger partial charge in [0.1, 0.15) is 0 Å². The average molecular weight is 521 g/mol. The van der Waals surface area contributed by atoms with E-state index in [1.165, 1.54) is 0 Å². The number of benzene rings is 5. The molecule has 0 spiro atoms. The van der Waals surface area contributed by atoms with Crippen LogP contribution in [0.4, 0.5) is 0 Å². The van der Waals surface area contributed by atoms with E-state index in [-0.39, 0.29) is 0 Å². The van der Waals surface area contributed by atoms with Gasteiger partial charge in [-0.1, -0.05) is 121 Å². The van der Waals surface area contributed by atoms with E-state index in [4.69, 9.17) is 26.6 Å². The van der Waals surface area contributed by atoms with E-state index in [1.807, 2.05) is 97.3 Å². The molecule has 0 aliphatic carbocycles. The molecule has 0 fully saturated rings. The normalized spacial score (nSPS) is 11.2. The fourth-order valence-electron chi connectivity index (χ4n) is 5.02.